The summed E-state index contributed by atoms with van der Waals surface area (Å²) in [4.78, 5) is 12.3. The van der Waals surface area contributed by atoms with E-state index in [9.17, 15) is 9.90 Å². The first-order valence-corrected chi connectivity index (χ1v) is 7.42. The second-order valence-corrected chi connectivity index (χ2v) is 6.17. The lowest BCUT2D eigenvalue weighted by atomic mass is 9.98. The molecule has 0 aromatic heterocycles. The number of halogens is 1. The maximum Gasteiger partial charge on any atom is 0.246 e. The van der Waals surface area contributed by atoms with Gasteiger partial charge in [0, 0.05) is 28.1 Å². The molecule has 1 amide bonds. The Bertz CT molecular complexity index is 539. The highest BCUT2D eigenvalue weighted by Gasteiger charge is 2.46. The van der Waals surface area contributed by atoms with Gasteiger partial charge in [-0.05, 0) is 19.1 Å². The fourth-order valence-corrected chi connectivity index (χ4v) is 2.49. The van der Waals surface area contributed by atoms with Gasteiger partial charge in [-0.15, -0.1) is 0 Å². The molecule has 108 valence electrons. The standard InChI is InChI=1S/C15H19BrN2O2/c1-4-13-9-15(20,11-5-7-12(16)8-6-11)18(17-13)14(19)10(2)3/h4-8,10,17,20H,9H2,1-3H3. The molecule has 1 fully saturated rings. The third-order valence-corrected chi connectivity index (χ3v) is 3.96. The number of allylic oxidation sites excluding steroid dienone is 1. The van der Waals surface area contributed by atoms with Gasteiger partial charge >= 0.3 is 0 Å². The molecular weight excluding hydrogens is 320 g/mol. The molecule has 1 unspecified atom stereocenters. The van der Waals surface area contributed by atoms with E-state index in [0.29, 0.717) is 12.0 Å². The van der Waals surface area contributed by atoms with Crippen LogP contribution in [0.2, 0.25) is 0 Å². The van der Waals surface area contributed by atoms with Crippen molar-refractivity contribution < 1.29 is 9.90 Å². The molecule has 1 aliphatic rings. The monoisotopic (exact) mass is 338 g/mol. The average Bonchev–Trinajstić information content (AvgIpc) is 2.77. The van der Waals surface area contributed by atoms with Crippen LogP contribution in [-0.2, 0) is 10.5 Å². The van der Waals surface area contributed by atoms with Gasteiger partial charge in [-0.1, -0.05) is 48.0 Å². The zero-order chi connectivity index (χ0) is 14.9. The van der Waals surface area contributed by atoms with Crippen LogP contribution in [0.15, 0.2) is 40.5 Å². The Labute approximate surface area is 127 Å². The topological polar surface area (TPSA) is 52.6 Å². The molecule has 2 rings (SSSR count). The minimum atomic E-state index is -1.34. The number of benzene rings is 1. The summed E-state index contributed by atoms with van der Waals surface area (Å²) >= 11 is 3.38. The van der Waals surface area contributed by atoms with E-state index in [1.54, 1.807) is 0 Å². The summed E-state index contributed by atoms with van der Waals surface area (Å²) in [6.45, 7) is 5.52. The normalized spacial score (nSPS) is 24.3. The Morgan fingerprint density at radius 3 is 2.55 bits per heavy atom. The fourth-order valence-electron chi connectivity index (χ4n) is 2.23. The Hall–Kier alpha value is -1.33. The van der Waals surface area contributed by atoms with Gasteiger partial charge in [0.1, 0.15) is 0 Å². The van der Waals surface area contributed by atoms with Gasteiger partial charge in [-0.3, -0.25) is 10.2 Å². The van der Waals surface area contributed by atoms with Crippen molar-refractivity contribution in [2.45, 2.75) is 32.9 Å². The zero-order valence-corrected chi connectivity index (χ0v) is 13.4. The third-order valence-electron chi connectivity index (χ3n) is 3.43. The second kappa shape index (κ2) is 5.58. The van der Waals surface area contributed by atoms with Crippen LogP contribution in [0.1, 0.15) is 32.8 Å². The summed E-state index contributed by atoms with van der Waals surface area (Å²) in [6, 6.07) is 7.37. The van der Waals surface area contributed by atoms with Crippen LogP contribution in [0.5, 0.6) is 0 Å². The van der Waals surface area contributed by atoms with Crippen molar-refractivity contribution in [2.75, 3.05) is 0 Å². The number of amides is 1. The Morgan fingerprint density at radius 2 is 2.05 bits per heavy atom. The van der Waals surface area contributed by atoms with Crippen LogP contribution in [0, 0.1) is 5.92 Å². The van der Waals surface area contributed by atoms with Crippen LogP contribution in [-0.4, -0.2) is 16.0 Å². The lowest BCUT2D eigenvalue weighted by molar-refractivity contribution is -0.164. The predicted molar refractivity (Wildman–Crippen MR) is 81.2 cm³/mol. The second-order valence-electron chi connectivity index (χ2n) is 5.25. The lowest BCUT2D eigenvalue weighted by Crippen LogP contribution is -2.51. The van der Waals surface area contributed by atoms with E-state index in [2.05, 4.69) is 21.4 Å². The van der Waals surface area contributed by atoms with Crippen LogP contribution < -0.4 is 5.43 Å². The molecule has 0 radical (unpaired) electrons. The fraction of sp³-hybridized carbons (Fsp3) is 0.400. The maximum absolute atomic E-state index is 12.3. The van der Waals surface area contributed by atoms with Crippen molar-refractivity contribution in [1.82, 2.24) is 10.4 Å². The van der Waals surface area contributed by atoms with E-state index in [4.69, 9.17) is 0 Å². The molecular formula is C15H19BrN2O2. The number of hydrazine groups is 1. The number of rotatable bonds is 2. The van der Waals surface area contributed by atoms with Gasteiger partial charge in [-0.25, -0.2) is 5.01 Å². The quantitative estimate of drug-likeness (QED) is 0.871. The van der Waals surface area contributed by atoms with E-state index in [1.165, 1.54) is 5.01 Å². The highest BCUT2D eigenvalue weighted by Crippen LogP contribution is 2.37. The molecule has 1 aromatic carbocycles. The highest BCUT2D eigenvalue weighted by atomic mass is 79.9. The number of nitrogens with zero attached hydrogens (tertiary/aromatic N) is 1. The van der Waals surface area contributed by atoms with E-state index < -0.39 is 5.72 Å². The number of hydrogen-bond acceptors (Lipinski definition) is 3. The van der Waals surface area contributed by atoms with Crippen molar-refractivity contribution >= 4 is 21.8 Å². The minimum absolute atomic E-state index is 0.132. The molecule has 0 bridgehead atoms. The molecule has 1 aliphatic heterocycles. The first kappa shape index (κ1) is 15.1. The van der Waals surface area contributed by atoms with Crippen LogP contribution in [0.4, 0.5) is 0 Å². The van der Waals surface area contributed by atoms with Crippen molar-refractivity contribution in [3.05, 3.63) is 46.1 Å². The molecule has 0 spiro atoms. The SMILES string of the molecule is CC=C1CC(O)(c2ccc(Br)cc2)N(C(=O)C(C)C)N1. The Morgan fingerprint density at radius 1 is 1.45 bits per heavy atom. The summed E-state index contributed by atoms with van der Waals surface area (Å²) in [5.74, 6) is -0.326. The molecule has 1 aromatic rings. The van der Waals surface area contributed by atoms with Gasteiger partial charge in [0.05, 0.1) is 0 Å². The number of nitrogens with one attached hydrogen (secondary N) is 1. The highest BCUT2D eigenvalue weighted by molar-refractivity contribution is 9.10. The summed E-state index contributed by atoms with van der Waals surface area (Å²) < 4.78 is 0.934. The van der Waals surface area contributed by atoms with E-state index in [-0.39, 0.29) is 11.8 Å². The number of aliphatic hydroxyl groups is 1. The van der Waals surface area contributed by atoms with Crippen molar-refractivity contribution in [2.24, 2.45) is 5.92 Å². The third kappa shape index (κ3) is 2.60. The van der Waals surface area contributed by atoms with Gasteiger partial charge in [0.15, 0.2) is 5.72 Å². The molecule has 0 aliphatic carbocycles. The summed E-state index contributed by atoms with van der Waals surface area (Å²) in [5, 5.41) is 12.4. The lowest BCUT2D eigenvalue weighted by Gasteiger charge is -2.33. The largest absolute Gasteiger partial charge is 0.365 e. The first-order valence-electron chi connectivity index (χ1n) is 6.63. The molecule has 2 N–H and O–H groups in total. The van der Waals surface area contributed by atoms with Gasteiger partial charge in [-0.2, -0.15) is 0 Å². The van der Waals surface area contributed by atoms with Crippen molar-refractivity contribution in [3.8, 4) is 0 Å². The molecule has 1 atom stereocenters. The van der Waals surface area contributed by atoms with Gasteiger partial charge in [0.25, 0.3) is 0 Å². The summed E-state index contributed by atoms with van der Waals surface area (Å²) in [6.07, 6.45) is 2.24. The minimum Gasteiger partial charge on any atom is -0.365 e. The molecule has 4 nitrogen and oxygen atoms in total. The first-order chi connectivity index (χ1) is 9.38. The summed E-state index contributed by atoms with van der Waals surface area (Å²) in [5.41, 5.74) is 3.20. The van der Waals surface area contributed by atoms with Gasteiger partial charge < -0.3 is 5.11 Å². The number of carbonyl (C=O) groups is 1. The van der Waals surface area contributed by atoms with Crippen molar-refractivity contribution in [3.63, 3.8) is 0 Å². The smallest absolute Gasteiger partial charge is 0.246 e. The van der Waals surface area contributed by atoms with Crippen molar-refractivity contribution in [1.29, 1.82) is 0 Å². The zero-order valence-electron chi connectivity index (χ0n) is 11.9. The van der Waals surface area contributed by atoms with Crippen LogP contribution >= 0.6 is 15.9 Å². The Kier molecular flexibility index (Phi) is 4.20. The number of hydrogen-bond donors (Lipinski definition) is 2. The molecule has 1 heterocycles. The van der Waals surface area contributed by atoms with E-state index >= 15 is 0 Å². The number of carbonyl (C=O) groups excluding carboxylic acids is 1. The molecule has 5 heteroatoms. The van der Waals surface area contributed by atoms with Gasteiger partial charge in [0.2, 0.25) is 5.91 Å². The summed E-state index contributed by atoms with van der Waals surface area (Å²) in [7, 11) is 0. The molecule has 20 heavy (non-hydrogen) atoms. The molecule has 1 saturated heterocycles. The van der Waals surface area contributed by atoms with Crippen LogP contribution in [0.25, 0.3) is 0 Å². The van der Waals surface area contributed by atoms with E-state index in [0.717, 1.165) is 10.2 Å². The Balaban J connectivity index is 2.44. The molecule has 0 saturated carbocycles. The maximum atomic E-state index is 12.3. The van der Waals surface area contributed by atoms with Crippen LogP contribution in [0.3, 0.4) is 0 Å². The predicted octanol–water partition coefficient (Wildman–Crippen LogP) is 2.89. The van der Waals surface area contributed by atoms with E-state index in [1.807, 2.05) is 51.1 Å². The average molecular weight is 339 g/mol.